The molecule has 1 saturated heterocycles. The van der Waals surface area contributed by atoms with Gasteiger partial charge in [-0.05, 0) is 30.2 Å². The van der Waals surface area contributed by atoms with Crippen molar-refractivity contribution in [1.29, 1.82) is 0 Å². The Hall–Kier alpha value is -2.20. The molecule has 1 unspecified atom stereocenters. The van der Waals surface area contributed by atoms with Crippen LogP contribution in [0, 0.1) is 10.1 Å². The third-order valence-electron chi connectivity index (χ3n) is 4.77. The number of nitrogens with one attached hydrogen (secondary N) is 1. The van der Waals surface area contributed by atoms with E-state index in [0.717, 1.165) is 11.6 Å². The lowest BCUT2D eigenvalue weighted by Gasteiger charge is -2.28. The molecule has 1 aliphatic heterocycles. The van der Waals surface area contributed by atoms with Crippen LogP contribution in [0.2, 0.25) is 5.02 Å². The number of morpholine rings is 1. The summed E-state index contributed by atoms with van der Waals surface area (Å²) in [4.78, 5) is 10.5. The molecule has 2 aromatic carbocycles. The van der Waals surface area contributed by atoms with E-state index in [1.54, 1.807) is 12.1 Å². The van der Waals surface area contributed by atoms with Crippen LogP contribution in [-0.2, 0) is 14.8 Å². The number of sulfonamides is 1. The van der Waals surface area contributed by atoms with Gasteiger partial charge in [0.05, 0.1) is 29.9 Å². The van der Waals surface area contributed by atoms with Crippen molar-refractivity contribution >= 4 is 33.0 Å². The average molecular weight is 440 g/mol. The van der Waals surface area contributed by atoms with E-state index in [1.165, 1.54) is 16.4 Å². The third kappa shape index (κ3) is 4.87. The molecule has 1 heterocycles. The quantitative estimate of drug-likeness (QED) is 0.519. The molecule has 0 spiro atoms. The smallest absolute Gasteiger partial charge is 0.270 e. The highest BCUT2D eigenvalue weighted by atomic mass is 35.5. The summed E-state index contributed by atoms with van der Waals surface area (Å²) in [5.74, 6) is 0. The molecule has 0 aromatic heterocycles. The van der Waals surface area contributed by atoms with Crippen LogP contribution in [0.15, 0.2) is 47.4 Å². The van der Waals surface area contributed by atoms with Crippen LogP contribution in [0.25, 0.3) is 0 Å². The number of halogens is 1. The van der Waals surface area contributed by atoms with Gasteiger partial charge in [-0.3, -0.25) is 10.1 Å². The first-order valence-electron chi connectivity index (χ1n) is 9.21. The molecule has 0 saturated carbocycles. The normalized spacial score (nSPS) is 16.3. The second-order valence-electron chi connectivity index (χ2n) is 6.61. The van der Waals surface area contributed by atoms with Crippen molar-refractivity contribution in [3.63, 3.8) is 0 Å². The largest absolute Gasteiger partial charge is 0.379 e. The monoisotopic (exact) mass is 439 g/mol. The first-order valence-corrected chi connectivity index (χ1v) is 11.0. The number of anilines is 1. The van der Waals surface area contributed by atoms with Gasteiger partial charge in [0.15, 0.2) is 0 Å². The number of nitro groups is 1. The van der Waals surface area contributed by atoms with E-state index in [9.17, 15) is 18.5 Å². The van der Waals surface area contributed by atoms with E-state index < -0.39 is 14.9 Å². The molecule has 0 bridgehead atoms. The Morgan fingerprint density at radius 3 is 2.45 bits per heavy atom. The Kier molecular flexibility index (Phi) is 6.74. The molecule has 1 fully saturated rings. The van der Waals surface area contributed by atoms with Crippen LogP contribution in [0.1, 0.15) is 24.9 Å². The number of rotatable bonds is 7. The van der Waals surface area contributed by atoms with Gasteiger partial charge < -0.3 is 10.1 Å². The van der Waals surface area contributed by atoms with Crippen LogP contribution in [-0.4, -0.2) is 43.9 Å². The summed E-state index contributed by atoms with van der Waals surface area (Å²) < 4.78 is 33.0. The molecule has 2 aromatic rings. The van der Waals surface area contributed by atoms with Crippen LogP contribution in [0.5, 0.6) is 0 Å². The molecule has 0 radical (unpaired) electrons. The molecule has 29 heavy (non-hydrogen) atoms. The summed E-state index contributed by atoms with van der Waals surface area (Å²) in [6, 6.07) is 10.9. The lowest BCUT2D eigenvalue weighted by Crippen LogP contribution is -2.40. The Morgan fingerprint density at radius 2 is 1.86 bits per heavy atom. The molecule has 8 nitrogen and oxygen atoms in total. The fraction of sp³-hybridized carbons (Fsp3) is 0.368. The van der Waals surface area contributed by atoms with Gasteiger partial charge in [0, 0.05) is 30.2 Å². The highest BCUT2D eigenvalue weighted by Gasteiger charge is 2.31. The molecule has 0 amide bonds. The van der Waals surface area contributed by atoms with Crippen molar-refractivity contribution in [2.75, 3.05) is 31.6 Å². The van der Waals surface area contributed by atoms with Gasteiger partial charge in [-0.15, -0.1) is 0 Å². The van der Waals surface area contributed by atoms with Gasteiger partial charge in [0.25, 0.3) is 5.69 Å². The number of nitrogens with zero attached hydrogens (tertiary/aromatic N) is 2. The van der Waals surface area contributed by atoms with E-state index in [4.69, 9.17) is 16.3 Å². The molecule has 1 aliphatic rings. The fourth-order valence-corrected chi connectivity index (χ4v) is 4.90. The molecular formula is C19H22ClN3O5S. The van der Waals surface area contributed by atoms with E-state index in [-0.39, 0.29) is 29.7 Å². The molecule has 3 rings (SSSR count). The molecular weight excluding hydrogens is 418 g/mol. The lowest BCUT2D eigenvalue weighted by molar-refractivity contribution is -0.385. The number of hydrogen-bond donors (Lipinski definition) is 1. The van der Waals surface area contributed by atoms with Crippen molar-refractivity contribution in [2.45, 2.75) is 24.3 Å². The topological polar surface area (TPSA) is 102 Å². The predicted molar refractivity (Wildman–Crippen MR) is 111 cm³/mol. The Bertz CT molecular complexity index is 976. The van der Waals surface area contributed by atoms with E-state index in [2.05, 4.69) is 5.32 Å². The average Bonchev–Trinajstić information content (AvgIpc) is 2.73. The Balaban J connectivity index is 2.01. The van der Waals surface area contributed by atoms with Gasteiger partial charge in [-0.2, -0.15) is 4.31 Å². The van der Waals surface area contributed by atoms with E-state index in [1.807, 2.05) is 19.1 Å². The maximum atomic E-state index is 13.2. The maximum absolute atomic E-state index is 13.2. The molecule has 10 heteroatoms. The fourth-order valence-electron chi connectivity index (χ4n) is 3.19. The first-order chi connectivity index (χ1) is 13.8. The number of nitro benzene ring substituents is 1. The van der Waals surface area contributed by atoms with Crippen molar-refractivity contribution in [2.24, 2.45) is 0 Å². The third-order valence-corrected chi connectivity index (χ3v) is 6.96. The maximum Gasteiger partial charge on any atom is 0.270 e. The van der Waals surface area contributed by atoms with Gasteiger partial charge >= 0.3 is 0 Å². The molecule has 1 N–H and O–H groups in total. The first kappa shape index (κ1) is 21.5. The zero-order valence-electron chi connectivity index (χ0n) is 15.9. The standard InChI is InChI=1S/C19H22ClN3O5S/c1-2-17(14-3-5-15(20)6-4-14)21-18-8-7-16(23(24)25)13-19(18)29(26,27)22-9-11-28-12-10-22/h3-8,13,17,21H,2,9-12H2,1H3. The number of ether oxygens (including phenoxy) is 1. The SMILES string of the molecule is CCC(Nc1ccc([N+](=O)[O-])cc1S(=O)(=O)N1CCOCC1)c1ccc(Cl)cc1. The molecule has 1 atom stereocenters. The minimum Gasteiger partial charge on any atom is -0.379 e. The summed E-state index contributed by atoms with van der Waals surface area (Å²) in [7, 11) is -3.93. The summed E-state index contributed by atoms with van der Waals surface area (Å²) in [6.07, 6.45) is 0.676. The van der Waals surface area contributed by atoms with Crippen molar-refractivity contribution in [3.8, 4) is 0 Å². The summed E-state index contributed by atoms with van der Waals surface area (Å²) in [6.45, 7) is 2.96. The van der Waals surface area contributed by atoms with Crippen LogP contribution in [0.3, 0.4) is 0 Å². The summed E-state index contributed by atoms with van der Waals surface area (Å²) in [5.41, 5.74) is 0.982. The van der Waals surface area contributed by atoms with Crippen LogP contribution >= 0.6 is 11.6 Å². The zero-order chi connectivity index (χ0) is 21.0. The Morgan fingerprint density at radius 1 is 1.21 bits per heavy atom. The number of non-ortho nitro benzene ring substituents is 1. The van der Waals surface area contributed by atoms with Crippen molar-refractivity contribution < 1.29 is 18.1 Å². The van der Waals surface area contributed by atoms with Gasteiger partial charge in [0.2, 0.25) is 10.0 Å². The number of benzene rings is 2. The van der Waals surface area contributed by atoms with Crippen LogP contribution in [0.4, 0.5) is 11.4 Å². The highest BCUT2D eigenvalue weighted by Crippen LogP contribution is 2.33. The van der Waals surface area contributed by atoms with Gasteiger partial charge in [0.1, 0.15) is 4.90 Å². The van der Waals surface area contributed by atoms with E-state index >= 15 is 0 Å². The van der Waals surface area contributed by atoms with Gasteiger partial charge in [-0.1, -0.05) is 30.7 Å². The van der Waals surface area contributed by atoms with E-state index in [0.29, 0.717) is 30.3 Å². The minimum atomic E-state index is -3.93. The minimum absolute atomic E-state index is 0.110. The van der Waals surface area contributed by atoms with Gasteiger partial charge in [-0.25, -0.2) is 8.42 Å². The highest BCUT2D eigenvalue weighted by molar-refractivity contribution is 7.89. The van der Waals surface area contributed by atoms with Crippen LogP contribution < -0.4 is 5.32 Å². The number of hydrogen-bond acceptors (Lipinski definition) is 6. The van der Waals surface area contributed by atoms with Crippen molar-refractivity contribution in [3.05, 3.63) is 63.2 Å². The Labute approximate surface area is 174 Å². The lowest BCUT2D eigenvalue weighted by atomic mass is 10.0. The summed E-state index contributed by atoms with van der Waals surface area (Å²) in [5, 5.41) is 15.1. The summed E-state index contributed by atoms with van der Waals surface area (Å²) >= 11 is 5.96. The molecule has 156 valence electrons. The zero-order valence-corrected chi connectivity index (χ0v) is 17.4. The van der Waals surface area contributed by atoms with Crippen molar-refractivity contribution in [1.82, 2.24) is 4.31 Å². The second kappa shape index (κ2) is 9.08. The predicted octanol–water partition coefficient (Wildman–Crippen LogP) is 3.83. The second-order valence-corrected chi connectivity index (χ2v) is 8.95. The molecule has 0 aliphatic carbocycles.